The molecule has 0 N–H and O–H groups in total. The molecule has 15 heavy (non-hydrogen) atoms. The van der Waals surface area contributed by atoms with Crippen LogP contribution in [0.1, 0.15) is 45.4 Å². The van der Waals surface area contributed by atoms with Gasteiger partial charge in [0.15, 0.2) is 0 Å². The summed E-state index contributed by atoms with van der Waals surface area (Å²) in [5, 5.41) is 0. The monoisotopic (exact) mass is 236 g/mol. The number of halogens is 1. The molecule has 0 saturated heterocycles. The maximum absolute atomic E-state index is 10.8. The number of ether oxygens (including phenoxy) is 2. The zero-order valence-corrected chi connectivity index (χ0v) is 10.2. The van der Waals surface area contributed by atoms with E-state index in [1.54, 1.807) is 0 Å². The van der Waals surface area contributed by atoms with Crippen LogP contribution in [0.3, 0.4) is 0 Å². The number of hydrogen-bond acceptors (Lipinski definition) is 3. The molecule has 0 spiro atoms. The van der Waals surface area contributed by atoms with Crippen molar-refractivity contribution in [2.45, 2.75) is 45.4 Å². The molecule has 0 fully saturated rings. The Kier molecular flexibility index (Phi) is 11.3. The third-order valence-corrected chi connectivity index (χ3v) is 2.17. The van der Waals surface area contributed by atoms with E-state index in [0.29, 0.717) is 12.5 Å². The van der Waals surface area contributed by atoms with Crippen LogP contribution in [0, 0.1) is 0 Å². The van der Waals surface area contributed by atoms with Crippen LogP contribution < -0.4 is 0 Å². The van der Waals surface area contributed by atoms with Crippen LogP contribution in [-0.2, 0) is 9.47 Å². The molecule has 0 rings (SSSR count). The molecule has 0 heterocycles. The van der Waals surface area contributed by atoms with Crippen molar-refractivity contribution in [1.29, 1.82) is 0 Å². The smallest absolute Gasteiger partial charge is 0.434 e. The van der Waals surface area contributed by atoms with Gasteiger partial charge < -0.3 is 9.47 Å². The van der Waals surface area contributed by atoms with Crippen LogP contribution in [0.25, 0.3) is 0 Å². The Morgan fingerprint density at radius 2 is 1.60 bits per heavy atom. The molecule has 0 aromatic carbocycles. The van der Waals surface area contributed by atoms with Crippen LogP contribution in [-0.4, -0.2) is 25.2 Å². The van der Waals surface area contributed by atoms with E-state index < -0.39 is 6.16 Å². The highest BCUT2D eigenvalue weighted by molar-refractivity contribution is 6.18. The van der Waals surface area contributed by atoms with Crippen LogP contribution in [0.4, 0.5) is 4.79 Å². The molecule has 4 heteroatoms. The lowest BCUT2D eigenvalue weighted by atomic mass is 10.1. The van der Waals surface area contributed by atoms with Crippen LogP contribution in [0.5, 0.6) is 0 Å². The third-order valence-electron chi connectivity index (χ3n) is 2.01. The average molecular weight is 237 g/mol. The Hall–Kier alpha value is -0.440. The second-order valence-corrected chi connectivity index (χ2v) is 3.78. The van der Waals surface area contributed by atoms with Crippen LogP contribution in [0.15, 0.2) is 0 Å². The van der Waals surface area contributed by atoms with Gasteiger partial charge >= 0.3 is 6.16 Å². The normalized spacial score (nSPS) is 10.0. The molecule has 0 bridgehead atoms. The summed E-state index contributed by atoms with van der Waals surface area (Å²) in [5.74, 6) is 0.312. The maximum atomic E-state index is 10.8. The lowest BCUT2D eigenvalue weighted by molar-refractivity contribution is 0.0583. The van der Waals surface area contributed by atoms with E-state index >= 15 is 0 Å². The van der Waals surface area contributed by atoms with E-state index in [-0.39, 0.29) is 6.61 Å². The first-order valence-electron chi connectivity index (χ1n) is 5.66. The van der Waals surface area contributed by atoms with Crippen molar-refractivity contribution in [3.63, 3.8) is 0 Å². The number of carbonyl (C=O) groups is 1. The summed E-state index contributed by atoms with van der Waals surface area (Å²) in [6, 6.07) is 0. The molecule has 0 aliphatic carbocycles. The van der Waals surface area contributed by atoms with Crippen molar-refractivity contribution in [1.82, 2.24) is 0 Å². The minimum Gasteiger partial charge on any atom is -0.434 e. The zero-order valence-electron chi connectivity index (χ0n) is 9.47. The fourth-order valence-electron chi connectivity index (χ4n) is 1.20. The molecule has 0 aliphatic rings. The van der Waals surface area contributed by atoms with Gasteiger partial charge in [-0.2, -0.15) is 0 Å². The summed E-state index contributed by atoms with van der Waals surface area (Å²) in [7, 11) is 0. The quantitative estimate of drug-likeness (QED) is 0.348. The van der Waals surface area contributed by atoms with Crippen molar-refractivity contribution in [2.24, 2.45) is 0 Å². The van der Waals surface area contributed by atoms with Crippen molar-refractivity contribution < 1.29 is 14.3 Å². The van der Waals surface area contributed by atoms with E-state index in [2.05, 4.69) is 11.7 Å². The van der Waals surface area contributed by atoms with E-state index in [9.17, 15) is 4.79 Å². The van der Waals surface area contributed by atoms with Gasteiger partial charge in [0.2, 0.25) is 0 Å². The summed E-state index contributed by atoms with van der Waals surface area (Å²) >= 11 is 5.35. The number of alkyl halides is 1. The first-order valence-corrected chi connectivity index (χ1v) is 6.20. The van der Waals surface area contributed by atoms with E-state index in [1.807, 2.05) is 0 Å². The lowest BCUT2D eigenvalue weighted by Crippen LogP contribution is -2.09. The van der Waals surface area contributed by atoms with Gasteiger partial charge in [0.1, 0.15) is 6.61 Å². The fourth-order valence-corrected chi connectivity index (χ4v) is 1.28. The minimum absolute atomic E-state index is 0.219. The van der Waals surface area contributed by atoms with Gasteiger partial charge in [-0.05, 0) is 6.42 Å². The second-order valence-electron chi connectivity index (χ2n) is 3.40. The van der Waals surface area contributed by atoms with Crippen molar-refractivity contribution in [3.8, 4) is 0 Å². The summed E-state index contributed by atoms with van der Waals surface area (Å²) in [6.07, 6.45) is 6.45. The van der Waals surface area contributed by atoms with E-state index in [4.69, 9.17) is 16.3 Å². The number of unbranched alkanes of at least 4 members (excludes halogenated alkanes) is 5. The first-order chi connectivity index (χ1) is 7.31. The predicted molar refractivity (Wildman–Crippen MR) is 61.4 cm³/mol. The number of carbonyl (C=O) groups excluding carboxylic acids is 1. The van der Waals surface area contributed by atoms with Gasteiger partial charge in [-0.1, -0.05) is 39.0 Å². The number of hydrogen-bond donors (Lipinski definition) is 0. The summed E-state index contributed by atoms with van der Waals surface area (Å²) in [4.78, 5) is 10.8. The van der Waals surface area contributed by atoms with E-state index in [1.165, 1.54) is 25.7 Å². The van der Waals surface area contributed by atoms with Crippen LogP contribution >= 0.6 is 11.6 Å². The molecule has 0 aromatic rings. The molecule has 0 amide bonds. The standard InChI is InChI=1S/C11H21ClO3/c1-2-3-4-5-6-7-9-14-11(13)15-10-8-12/h2-10H2,1H3. The highest BCUT2D eigenvalue weighted by atomic mass is 35.5. The molecule has 0 atom stereocenters. The molecule has 3 nitrogen and oxygen atoms in total. The maximum Gasteiger partial charge on any atom is 0.508 e. The lowest BCUT2D eigenvalue weighted by Gasteiger charge is -2.04. The molecule has 0 unspecified atom stereocenters. The average Bonchev–Trinajstić information content (AvgIpc) is 2.25. The van der Waals surface area contributed by atoms with Crippen molar-refractivity contribution >= 4 is 17.8 Å². The largest absolute Gasteiger partial charge is 0.508 e. The molecular weight excluding hydrogens is 216 g/mol. The fraction of sp³-hybridized carbons (Fsp3) is 0.909. The Labute approximate surface area is 97.1 Å². The molecule has 0 aromatic heterocycles. The summed E-state index contributed by atoms with van der Waals surface area (Å²) in [6.45, 7) is 2.86. The zero-order chi connectivity index (χ0) is 11.4. The SMILES string of the molecule is CCCCCCCCOC(=O)OCCCl. The molecule has 0 aliphatic heterocycles. The molecular formula is C11H21ClO3. The first kappa shape index (κ1) is 14.6. The Morgan fingerprint density at radius 1 is 1.00 bits per heavy atom. The molecule has 90 valence electrons. The number of rotatable bonds is 9. The van der Waals surface area contributed by atoms with Gasteiger partial charge in [0, 0.05) is 0 Å². The Morgan fingerprint density at radius 3 is 2.27 bits per heavy atom. The topological polar surface area (TPSA) is 35.5 Å². The highest BCUT2D eigenvalue weighted by Crippen LogP contribution is 2.05. The van der Waals surface area contributed by atoms with Gasteiger partial charge in [-0.3, -0.25) is 0 Å². The summed E-state index contributed by atoms with van der Waals surface area (Å²) < 4.78 is 9.47. The second kappa shape index (κ2) is 11.6. The highest BCUT2D eigenvalue weighted by Gasteiger charge is 2.01. The van der Waals surface area contributed by atoms with Crippen LogP contribution in [0.2, 0.25) is 0 Å². The van der Waals surface area contributed by atoms with Gasteiger partial charge in [-0.15, -0.1) is 11.6 Å². The summed E-state index contributed by atoms with van der Waals surface area (Å²) in [5.41, 5.74) is 0. The Balaban J connectivity index is 3.06. The minimum atomic E-state index is -0.607. The predicted octanol–water partition coefficient (Wildman–Crippen LogP) is 3.74. The van der Waals surface area contributed by atoms with Gasteiger partial charge in [0.25, 0.3) is 0 Å². The molecule has 0 saturated carbocycles. The van der Waals surface area contributed by atoms with Gasteiger partial charge in [-0.25, -0.2) is 4.79 Å². The van der Waals surface area contributed by atoms with Gasteiger partial charge in [0.05, 0.1) is 12.5 Å². The van der Waals surface area contributed by atoms with E-state index in [0.717, 1.165) is 12.8 Å². The van der Waals surface area contributed by atoms with Crippen molar-refractivity contribution in [2.75, 3.05) is 19.1 Å². The third kappa shape index (κ3) is 11.5. The van der Waals surface area contributed by atoms with Crippen molar-refractivity contribution in [3.05, 3.63) is 0 Å². The Bertz CT molecular complexity index is 151. The molecule has 0 radical (unpaired) electrons.